The van der Waals surface area contributed by atoms with Gasteiger partial charge in [0.25, 0.3) is 0 Å². The number of hydrogen-bond acceptors (Lipinski definition) is 3. The highest BCUT2D eigenvalue weighted by Gasteiger charge is 2.04. The minimum atomic E-state index is 0.477. The fourth-order valence-corrected chi connectivity index (χ4v) is 1.78. The summed E-state index contributed by atoms with van der Waals surface area (Å²) in [6.07, 6.45) is 1.89. The van der Waals surface area contributed by atoms with Gasteiger partial charge in [0.2, 0.25) is 0 Å². The van der Waals surface area contributed by atoms with Crippen LogP contribution in [0.15, 0.2) is 4.99 Å². The summed E-state index contributed by atoms with van der Waals surface area (Å²) < 4.78 is 0. The molecular weight excluding hydrogens is 224 g/mol. The summed E-state index contributed by atoms with van der Waals surface area (Å²) in [7, 11) is 0. The van der Waals surface area contributed by atoms with E-state index in [9.17, 15) is 0 Å². The molecule has 0 bridgehead atoms. The van der Waals surface area contributed by atoms with Crippen LogP contribution in [-0.2, 0) is 0 Å². The van der Waals surface area contributed by atoms with Crippen molar-refractivity contribution in [2.24, 2.45) is 0 Å². The fourth-order valence-electron chi connectivity index (χ4n) is 0.601. The number of hydrogen-bond donors (Lipinski definition) is 0. The molecule has 0 aromatic carbocycles. The van der Waals surface area contributed by atoms with E-state index in [0.29, 0.717) is 5.92 Å². The molecule has 4 heteroatoms. The number of rotatable bonds is 2. The summed E-state index contributed by atoms with van der Waals surface area (Å²) in [5.41, 5.74) is 0. The van der Waals surface area contributed by atoms with Gasteiger partial charge in [0.15, 0.2) is 0 Å². The molecule has 1 rings (SSSR count). The van der Waals surface area contributed by atoms with Crippen molar-refractivity contribution in [1.82, 2.24) is 10.2 Å². The molecule has 1 aromatic rings. The highest BCUT2D eigenvalue weighted by molar-refractivity contribution is 9.11. The second kappa shape index (κ2) is 3.97. The first-order valence-corrected chi connectivity index (χ1v) is 5.07. The molecule has 11 heavy (non-hydrogen) atoms. The topological polar surface area (TPSA) is 25.8 Å². The Balaban J connectivity index is 2.81. The first-order chi connectivity index (χ1) is 5.24. The molecule has 1 aromatic heterocycles. The monoisotopic (exact) mass is 232 g/mol. The Hall–Kier alpha value is -0.220. The standard InChI is InChI=1S/C7H9BrN2S/c1-5(2)7-10-9-6(11-7)3-4-8/h3-5H,1-2H3/b4-3+. The van der Waals surface area contributed by atoms with Gasteiger partial charge in [-0.05, 0) is 11.1 Å². The molecule has 0 fully saturated rings. The highest BCUT2D eigenvalue weighted by atomic mass is 79.9. The zero-order chi connectivity index (χ0) is 8.27. The van der Waals surface area contributed by atoms with Gasteiger partial charge in [-0.2, -0.15) is 0 Å². The zero-order valence-corrected chi connectivity index (χ0v) is 8.82. The minimum absolute atomic E-state index is 0.477. The van der Waals surface area contributed by atoms with Gasteiger partial charge in [0, 0.05) is 5.92 Å². The Morgan fingerprint density at radius 2 is 2.18 bits per heavy atom. The second-order valence-electron chi connectivity index (χ2n) is 2.43. The molecular formula is C7H9BrN2S. The van der Waals surface area contributed by atoms with Gasteiger partial charge in [0.1, 0.15) is 10.0 Å². The van der Waals surface area contributed by atoms with Crippen LogP contribution in [0.2, 0.25) is 0 Å². The van der Waals surface area contributed by atoms with Crippen LogP contribution in [0.4, 0.5) is 0 Å². The van der Waals surface area contributed by atoms with Crippen molar-refractivity contribution in [2.45, 2.75) is 19.8 Å². The molecule has 0 amide bonds. The average molecular weight is 233 g/mol. The summed E-state index contributed by atoms with van der Waals surface area (Å²) in [5, 5.41) is 10.0. The van der Waals surface area contributed by atoms with E-state index in [0.717, 1.165) is 10.0 Å². The van der Waals surface area contributed by atoms with Crippen LogP contribution in [-0.4, -0.2) is 10.2 Å². The van der Waals surface area contributed by atoms with Crippen molar-refractivity contribution in [2.75, 3.05) is 0 Å². The van der Waals surface area contributed by atoms with E-state index < -0.39 is 0 Å². The lowest BCUT2D eigenvalue weighted by atomic mass is 10.2. The molecule has 0 unspecified atom stereocenters. The Bertz CT molecular complexity index is 255. The Labute approximate surface area is 78.5 Å². The first-order valence-electron chi connectivity index (χ1n) is 3.34. The molecule has 0 aliphatic rings. The smallest absolute Gasteiger partial charge is 0.141 e. The SMILES string of the molecule is CC(C)c1nnc(/C=C/Br)s1. The fraction of sp³-hybridized carbons (Fsp3) is 0.429. The maximum absolute atomic E-state index is 4.03. The van der Waals surface area contributed by atoms with Crippen molar-refractivity contribution in [3.05, 3.63) is 15.0 Å². The summed E-state index contributed by atoms with van der Waals surface area (Å²) in [4.78, 5) is 1.79. The molecule has 0 saturated heterocycles. The van der Waals surface area contributed by atoms with Gasteiger partial charge in [-0.3, -0.25) is 0 Å². The van der Waals surface area contributed by atoms with Crippen molar-refractivity contribution in [3.63, 3.8) is 0 Å². The second-order valence-corrected chi connectivity index (χ2v) is 4.00. The Morgan fingerprint density at radius 1 is 1.45 bits per heavy atom. The largest absolute Gasteiger partial charge is 0.143 e. The molecule has 0 aliphatic carbocycles. The molecule has 1 heterocycles. The van der Waals surface area contributed by atoms with E-state index in [2.05, 4.69) is 40.0 Å². The van der Waals surface area contributed by atoms with Crippen LogP contribution in [0.1, 0.15) is 29.8 Å². The number of nitrogens with zero attached hydrogens (tertiary/aromatic N) is 2. The van der Waals surface area contributed by atoms with Gasteiger partial charge >= 0.3 is 0 Å². The van der Waals surface area contributed by atoms with Gasteiger partial charge in [0.05, 0.1) is 0 Å². The van der Waals surface area contributed by atoms with Gasteiger partial charge in [-0.25, -0.2) is 0 Å². The summed E-state index contributed by atoms with van der Waals surface area (Å²) in [6.45, 7) is 4.23. The molecule has 0 spiro atoms. The van der Waals surface area contributed by atoms with Crippen molar-refractivity contribution in [3.8, 4) is 0 Å². The van der Waals surface area contributed by atoms with Crippen LogP contribution in [0.3, 0.4) is 0 Å². The molecule has 0 radical (unpaired) electrons. The van der Waals surface area contributed by atoms with Gasteiger partial charge in [-0.15, -0.1) is 10.2 Å². The predicted octanol–water partition coefficient (Wildman–Crippen LogP) is 3.03. The van der Waals surface area contributed by atoms with Crippen molar-refractivity contribution < 1.29 is 0 Å². The van der Waals surface area contributed by atoms with Crippen LogP contribution < -0.4 is 0 Å². The Kier molecular flexibility index (Phi) is 3.20. The highest BCUT2D eigenvalue weighted by Crippen LogP contribution is 2.19. The van der Waals surface area contributed by atoms with Crippen LogP contribution >= 0.6 is 27.3 Å². The molecule has 0 atom stereocenters. The summed E-state index contributed by atoms with van der Waals surface area (Å²) in [5.74, 6) is 0.477. The lowest BCUT2D eigenvalue weighted by molar-refractivity contribution is 0.824. The average Bonchev–Trinajstić information content (AvgIpc) is 2.37. The maximum Gasteiger partial charge on any atom is 0.141 e. The lowest BCUT2D eigenvalue weighted by Gasteiger charge is -1.92. The van der Waals surface area contributed by atoms with Crippen LogP contribution in [0.25, 0.3) is 6.08 Å². The van der Waals surface area contributed by atoms with Gasteiger partial charge < -0.3 is 0 Å². The molecule has 0 saturated carbocycles. The molecule has 2 nitrogen and oxygen atoms in total. The van der Waals surface area contributed by atoms with Crippen molar-refractivity contribution in [1.29, 1.82) is 0 Å². The zero-order valence-electron chi connectivity index (χ0n) is 6.41. The van der Waals surface area contributed by atoms with E-state index in [1.54, 1.807) is 16.3 Å². The van der Waals surface area contributed by atoms with E-state index in [4.69, 9.17) is 0 Å². The third kappa shape index (κ3) is 2.38. The van der Waals surface area contributed by atoms with E-state index in [1.165, 1.54) is 0 Å². The predicted molar refractivity (Wildman–Crippen MR) is 52.0 cm³/mol. The molecule has 0 N–H and O–H groups in total. The summed E-state index contributed by atoms with van der Waals surface area (Å²) >= 11 is 4.82. The van der Waals surface area contributed by atoms with E-state index >= 15 is 0 Å². The van der Waals surface area contributed by atoms with E-state index in [1.807, 2.05) is 6.08 Å². The molecule has 0 aliphatic heterocycles. The third-order valence-corrected chi connectivity index (χ3v) is 2.61. The quantitative estimate of drug-likeness (QED) is 0.784. The normalized spacial score (nSPS) is 11.6. The Morgan fingerprint density at radius 3 is 2.64 bits per heavy atom. The lowest BCUT2D eigenvalue weighted by Crippen LogP contribution is -1.83. The summed E-state index contributed by atoms with van der Waals surface area (Å²) in [6, 6.07) is 0. The van der Waals surface area contributed by atoms with Crippen LogP contribution in [0, 0.1) is 0 Å². The first kappa shape index (κ1) is 8.87. The third-order valence-electron chi connectivity index (χ3n) is 1.16. The van der Waals surface area contributed by atoms with Crippen LogP contribution in [0.5, 0.6) is 0 Å². The molecule has 60 valence electrons. The number of halogens is 1. The minimum Gasteiger partial charge on any atom is -0.143 e. The van der Waals surface area contributed by atoms with E-state index in [-0.39, 0.29) is 0 Å². The number of aromatic nitrogens is 2. The van der Waals surface area contributed by atoms with Gasteiger partial charge in [-0.1, -0.05) is 41.1 Å². The maximum atomic E-state index is 4.03. The van der Waals surface area contributed by atoms with Crippen molar-refractivity contribution >= 4 is 33.3 Å².